The third-order valence-corrected chi connectivity index (χ3v) is 4.56. The van der Waals surface area contributed by atoms with Crippen LogP contribution in [0.15, 0.2) is 34.4 Å². The summed E-state index contributed by atoms with van der Waals surface area (Å²) >= 11 is 5.27. The van der Waals surface area contributed by atoms with Crippen molar-refractivity contribution in [2.75, 3.05) is 18.5 Å². The molecular formula is C14H18BrN3S. The highest BCUT2D eigenvalue weighted by Crippen LogP contribution is 2.24. The van der Waals surface area contributed by atoms with Crippen LogP contribution in [0.5, 0.6) is 0 Å². The molecule has 0 fully saturated rings. The standard InChI is InChI=1S/C14H18BrN3S/c1-3-16-7-11-4-5-17-8-14(11)18(2)9-13-6-12(15)10-19-13/h4-6,8,10,16H,3,7,9H2,1-2H3. The summed E-state index contributed by atoms with van der Waals surface area (Å²) in [6, 6.07) is 4.25. The molecule has 0 spiro atoms. The molecule has 0 atom stereocenters. The zero-order valence-corrected chi connectivity index (χ0v) is 13.6. The summed E-state index contributed by atoms with van der Waals surface area (Å²) in [7, 11) is 2.11. The van der Waals surface area contributed by atoms with Crippen LogP contribution in [0.3, 0.4) is 0 Å². The van der Waals surface area contributed by atoms with Crippen molar-refractivity contribution in [3.8, 4) is 0 Å². The van der Waals surface area contributed by atoms with Gasteiger partial charge in [0.2, 0.25) is 0 Å². The van der Waals surface area contributed by atoms with Crippen LogP contribution < -0.4 is 10.2 Å². The Balaban J connectivity index is 2.11. The van der Waals surface area contributed by atoms with Gasteiger partial charge in [-0.25, -0.2) is 0 Å². The van der Waals surface area contributed by atoms with Gasteiger partial charge in [-0.1, -0.05) is 6.92 Å². The maximum Gasteiger partial charge on any atom is 0.0599 e. The summed E-state index contributed by atoms with van der Waals surface area (Å²) in [5, 5.41) is 5.49. The summed E-state index contributed by atoms with van der Waals surface area (Å²) in [4.78, 5) is 7.83. The van der Waals surface area contributed by atoms with Gasteiger partial charge in [-0.15, -0.1) is 11.3 Å². The number of rotatable bonds is 6. The van der Waals surface area contributed by atoms with Gasteiger partial charge in [0.1, 0.15) is 0 Å². The maximum atomic E-state index is 4.25. The second-order valence-electron chi connectivity index (χ2n) is 4.37. The van der Waals surface area contributed by atoms with E-state index in [2.05, 4.69) is 62.6 Å². The lowest BCUT2D eigenvalue weighted by atomic mass is 10.2. The molecule has 102 valence electrons. The van der Waals surface area contributed by atoms with Crippen molar-refractivity contribution in [3.63, 3.8) is 0 Å². The molecule has 2 heterocycles. The van der Waals surface area contributed by atoms with E-state index >= 15 is 0 Å². The quantitative estimate of drug-likeness (QED) is 0.870. The number of thiophene rings is 1. The molecule has 3 nitrogen and oxygen atoms in total. The van der Waals surface area contributed by atoms with Gasteiger partial charge in [-0.3, -0.25) is 4.98 Å². The first-order valence-corrected chi connectivity index (χ1v) is 7.95. The van der Waals surface area contributed by atoms with Gasteiger partial charge < -0.3 is 10.2 Å². The maximum absolute atomic E-state index is 4.25. The fourth-order valence-corrected chi connectivity index (χ4v) is 3.43. The zero-order chi connectivity index (χ0) is 13.7. The SMILES string of the molecule is CCNCc1ccncc1N(C)Cc1cc(Br)cs1. The summed E-state index contributed by atoms with van der Waals surface area (Å²) in [6.07, 6.45) is 3.79. The van der Waals surface area contributed by atoms with Crippen molar-refractivity contribution < 1.29 is 0 Å². The number of anilines is 1. The average molecular weight is 340 g/mol. The lowest BCUT2D eigenvalue weighted by molar-refractivity contribution is 0.722. The Bertz CT molecular complexity index is 527. The molecule has 1 N–H and O–H groups in total. The summed E-state index contributed by atoms with van der Waals surface area (Å²) in [5.74, 6) is 0. The minimum absolute atomic E-state index is 0.882. The fourth-order valence-electron chi connectivity index (χ4n) is 1.92. The van der Waals surface area contributed by atoms with Crippen LogP contribution in [0.2, 0.25) is 0 Å². The molecule has 5 heteroatoms. The van der Waals surface area contributed by atoms with Crippen LogP contribution in [0, 0.1) is 0 Å². The Morgan fingerprint density at radius 2 is 2.32 bits per heavy atom. The van der Waals surface area contributed by atoms with Crippen molar-refractivity contribution in [1.82, 2.24) is 10.3 Å². The molecule has 0 saturated heterocycles. The monoisotopic (exact) mass is 339 g/mol. The van der Waals surface area contributed by atoms with Crippen molar-refractivity contribution in [2.45, 2.75) is 20.0 Å². The van der Waals surface area contributed by atoms with Crippen molar-refractivity contribution in [3.05, 3.63) is 44.8 Å². The molecule has 0 aliphatic carbocycles. The second-order valence-corrected chi connectivity index (χ2v) is 6.28. The van der Waals surface area contributed by atoms with Crippen molar-refractivity contribution in [2.24, 2.45) is 0 Å². The molecule has 0 aliphatic rings. The normalized spacial score (nSPS) is 10.7. The minimum atomic E-state index is 0.882. The van der Waals surface area contributed by atoms with Gasteiger partial charge in [0.15, 0.2) is 0 Å². The van der Waals surface area contributed by atoms with Crippen LogP contribution >= 0.6 is 27.3 Å². The van der Waals surface area contributed by atoms with E-state index in [1.54, 1.807) is 11.3 Å². The molecule has 0 aliphatic heterocycles. The van der Waals surface area contributed by atoms with Crippen LogP contribution in [0.4, 0.5) is 5.69 Å². The van der Waals surface area contributed by atoms with E-state index in [0.717, 1.165) is 24.1 Å². The Hall–Kier alpha value is -0.910. The largest absolute Gasteiger partial charge is 0.368 e. The van der Waals surface area contributed by atoms with E-state index in [1.165, 1.54) is 16.1 Å². The van der Waals surface area contributed by atoms with Crippen molar-refractivity contribution in [1.29, 1.82) is 0 Å². The highest BCUT2D eigenvalue weighted by atomic mass is 79.9. The van der Waals surface area contributed by atoms with Crippen LogP contribution in [-0.4, -0.2) is 18.6 Å². The number of hydrogen-bond acceptors (Lipinski definition) is 4. The lowest BCUT2D eigenvalue weighted by Crippen LogP contribution is -2.20. The van der Waals surface area contributed by atoms with E-state index in [1.807, 2.05) is 12.4 Å². The van der Waals surface area contributed by atoms with Gasteiger partial charge in [0.05, 0.1) is 18.4 Å². The first-order chi connectivity index (χ1) is 9.20. The Morgan fingerprint density at radius 1 is 1.47 bits per heavy atom. The zero-order valence-electron chi connectivity index (χ0n) is 11.2. The molecule has 0 aromatic carbocycles. The predicted molar refractivity (Wildman–Crippen MR) is 85.7 cm³/mol. The highest BCUT2D eigenvalue weighted by molar-refractivity contribution is 9.10. The van der Waals surface area contributed by atoms with E-state index in [9.17, 15) is 0 Å². The molecule has 0 saturated carbocycles. The average Bonchev–Trinajstić information content (AvgIpc) is 2.82. The smallest absolute Gasteiger partial charge is 0.0599 e. The van der Waals surface area contributed by atoms with Gasteiger partial charge in [-0.2, -0.15) is 0 Å². The summed E-state index contributed by atoms with van der Waals surface area (Å²) < 4.78 is 1.15. The second kappa shape index (κ2) is 7.03. The topological polar surface area (TPSA) is 28.2 Å². The molecule has 2 rings (SSSR count). The van der Waals surface area contributed by atoms with Gasteiger partial charge in [0.25, 0.3) is 0 Å². The van der Waals surface area contributed by atoms with Crippen LogP contribution in [0.1, 0.15) is 17.4 Å². The van der Waals surface area contributed by atoms with Gasteiger partial charge >= 0.3 is 0 Å². The predicted octanol–water partition coefficient (Wildman–Crippen LogP) is 3.65. The highest BCUT2D eigenvalue weighted by Gasteiger charge is 2.09. The van der Waals surface area contributed by atoms with Gasteiger partial charge in [0, 0.05) is 34.5 Å². The first kappa shape index (κ1) is 14.5. The van der Waals surface area contributed by atoms with Crippen LogP contribution in [-0.2, 0) is 13.1 Å². The number of hydrogen-bond donors (Lipinski definition) is 1. The van der Waals surface area contributed by atoms with E-state index < -0.39 is 0 Å². The number of nitrogens with one attached hydrogen (secondary N) is 1. The van der Waals surface area contributed by atoms with Crippen molar-refractivity contribution >= 4 is 33.0 Å². The Kier molecular flexibility index (Phi) is 5.36. The number of nitrogens with zero attached hydrogens (tertiary/aromatic N) is 2. The minimum Gasteiger partial charge on any atom is -0.368 e. The number of pyridine rings is 1. The molecule has 19 heavy (non-hydrogen) atoms. The van der Waals surface area contributed by atoms with E-state index in [-0.39, 0.29) is 0 Å². The first-order valence-electron chi connectivity index (χ1n) is 6.28. The third kappa shape index (κ3) is 4.03. The molecule has 0 unspecified atom stereocenters. The summed E-state index contributed by atoms with van der Waals surface area (Å²) in [6.45, 7) is 4.88. The molecule has 0 bridgehead atoms. The Labute approximate surface area is 126 Å². The molecule has 2 aromatic heterocycles. The number of halogens is 1. The number of aromatic nitrogens is 1. The van der Waals surface area contributed by atoms with Gasteiger partial charge in [-0.05, 0) is 40.2 Å². The Morgan fingerprint density at radius 3 is 3.00 bits per heavy atom. The van der Waals surface area contributed by atoms with Crippen LogP contribution in [0.25, 0.3) is 0 Å². The lowest BCUT2D eigenvalue weighted by Gasteiger charge is -2.21. The molecule has 0 amide bonds. The summed E-state index contributed by atoms with van der Waals surface area (Å²) in [5.41, 5.74) is 2.47. The van der Waals surface area contributed by atoms with E-state index in [4.69, 9.17) is 0 Å². The fraction of sp³-hybridized carbons (Fsp3) is 0.357. The third-order valence-electron chi connectivity index (χ3n) is 2.88. The molecule has 0 radical (unpaired) electrons. The molecule has 2 aromatic rings. The van der Waals surface area contributed by atoms with E-state index in [0.29, 0.717) is 0 Å². The molecular weight excluding hydrogens is 322 g/mol.